The Morgan fingerprint density at radius 1 is 1.08 bits per heavy atom. The number of aromatic nitrogens is 3. The zero-order valence-corrected chi connectivity index (χ0v) is 16.3. The van der Waals surface area contributed by atoms with Crippen LogP contribution in [0.3, 0.4) is 0 Å². The average molecular weight is 411 g/mol. The third-order valence-electron chi connectivity index (χ3n) is 3.71. The number of nitrogens with one attached hydrogen (secondary N) is 1. The predicted molar refractivity (Wildman–Crippen MR) is 103 cm³/mol. The first-order chi connectivity index (χ1) is 12.3. The Bertz CT molecular complexity index is 1050. The molecule has 0 amide bonds. The minimum absolute atomic E-state index is 0.0286. The zero-order valence-electron chi connectivity index (χ0n) is 14.0. The van der Waals surface area contributed by atoms with Crippen molar-refractivity contribution in [2.24, 2.45) is 0 Å². The van der Waals surface area contributed by atoms with Crippen molar-refractivity contribution in [1.29, 1.82) is 0 Å². The number of hydrogen-bond acceptors (Lipinski definition) is 4. The fourth-order valence-electron chi connectivity index (χ4n) is 2.40. The molecule has 0 aliphatic rings. The molecule has 0 atom stereocenters. The molecule has 0 fully saturated rings. The molecule has 3 rings (SSSR count). The van der Waals surface area contributed by atoms with Crippen molar-refractivity contribution in [3.05, 3.63) is 64.4 Å². The van der Waals surface area contributed by atoms with Gasteiger partial charge >= 0.3 is 0 Å². The van der Waals surface area contributed by atoms with Crippen LogP contribution in [0.15, 0.2) is 53.6 Å². The van der Waals surface area contributed by atoms with E-state index in [1.807, 2.05) is 19.9 Å². The van der Waals surface area contributed by atoms with Gasteiger partial charge in [0.05, 0.1) is 38.2 Å². The van der Waals surface area contributed by atoms with Gasteiger partial charge in [-0.25, -0.2) is 13.1 Å². The Morgan fingerprint density at radius 3 is 2.54 bits per heavy atom. The summed E-state index contributed by atoms with van der Waals surface area (Å²) in [6.45, 7) is 4.07. The fourth-order valence-corrected chi connectivity index (χ4v) is 3.83. The summed E-state index contributed by atoms with van der Waals surface area (Å²) in [7, 11) is -3.80. The van der Waals surface area contributed by atoms with Crippen molar-refractivity contribution in [2.45, 2.75) is 24.7 Å². The molecule has 0 bridgehead atoms. The van der Waals surface area contributed by atoms with Gasteiger partial charge in [0, 0.05) is 0 Å². The second-order valence-corrected chi connectivity index (χ2v) is 8.45. The van der Waals surface area contributed by atoms with Crippen molar-refractivity contribution in [1.82, 2.24) is 15.0 Å². The van der Waals surface area contributed by atoms with E-state index in [4.69, 9.17) is 23.2 Å². The molecule has 0 saturated carbocycles. The van der Waals surface area contributed by atoms with E-state index in [0.717, 1.165) is 5.69 Å². The second kappa shape index (κ2) is 7.26. The Balaban J connectivity index is 1.93. The summed E-state index contributed by atoms with van der Waals surface area (Å²) in [4.78, 5) is 0.0286. The van der Waals surface area contributed by atoms with Crippen LogP contribution >= 0.6 is 23.2 Å². The molecule has 136 valence electrons. The molecule has 0 spiro atoms. The average Bonchev–Trinajstić information content (AvgIpc) is 3.07. The van der Waals surface area contributed by atoms with Crippen molar-refractivity contribution in [2.75, 3.05) is 4.72 Å². The van der Waals surface area contributed by atoms with E-state index >= 15 is 0 Å². The van der Waals surface area contributed by atoms with Crippen LogP contribution in [-0.4, -0.2) is 23.4 Å². The predicted octanol–water partition coefficient (Wildman–Crippen LogP) is 4.50. The Hall–Kier alpha value is -2.09. The van der Waals surface area contributed by atoms with Crippen LogP contribution in [0.25, 0.3) is 5.69 Å². The highest BCUT2D eigenvalue weighted by Gasteiger charge is 2.17. The molecule has 1 heterocycles. The molecule has 26 heavy (non-hydrogen) atoms. The standard InChI is InChI=1S/C17H16Cl2N4O2S/c1-11(2)17-10-20-22-23(17)13-5-3-4-12(8-13)21-26(24,25)14-6-7-15(18)16(19)9-14/h3-11,21H,1-2H3. The van der Waals surface area contributed by atoms with Gasteiger partial charge in [-0.1, -0.05) is 48.3 Å². The number of anilines is 1. The van der Waals surface area contributed by atoms with Crippen LogP contribution < -0.4 is 4.72 Å². The molecule has 0 aliphatic carbocycles. The largest absolute Gasteiger partial charge is 0.280 e. The van der Waals surface area contributed by atoms with Gasteiger partial charge < -0.3 is 0 Å². The van der Waals surface area contributed by atoms with E-state index in [9.17, 15) is 8.42 Å². The molecule has 0 unspecified atom stereocenters. The van der Waals surface area contributed by atoms with Gasteiger partial charge in [0.1, 0.15) is 0 Å². The summed E-state index contributed by atoms with van der Waals surface area (Å²) in [5, 5.41) is 8.48. The summed E-state index contributed by atoms with van der Waals surface area (Å²) < 4.78 is 29.4. The van der Waals surface area contributed by atoms with Crippen LogP contribution in [0.5, 0.6) is 0 Å². The Morgan fingerprint density at radius 2 is 1.85 bits per heavy atom. The van der Waals surface area contributed by atoms with Crippen LogP contribution in [0.2, 0.25) is 10.0 Å². The summed E-state index contributed by atoms with van der Waals surface area (Å²) in [5.74, 6) is 0.224. The normalized spacial score (nSPS) is 11.7. The number of nitrogens with zero attached hydrogens (tertiary/aromatic N) is 3. The molecular weight excluding hydrogens is 395 g/mol. The number of sulfonamides is 1. The van der Waals surface area contributed by atoms with Crippen LogP contribution in [0.4, 0.5) is 5.69 Å². The highest BCUT2D eigenvalue weighted by atomic mass is 35.5. The lowest BCUT2D eigenvalue weighted by molar-refractivity contribution is 0.601. The lowest BCUT2D eigenvalue weighted by Crippen LogP contribution is -2.13. The van der Waals surface area contributed by atoms with E-state index in [1.165, 1.54) is 18.2 Å². The van der Waals surface area contributed by atoms with E-state index in [-0.39, 0.29) is 15.8 Å². The van der Waals surface area contributed by atoms with Crippen molar-refractivity contribution >= 4 is 38.9 Å². The van der Waals surface area contributed by atoms with E-state index < -0.39 is 10.0 Å². The lowest BCUT2D eigenvalue weighted by atomic mass is 10.1. The highest BCUT2D eigenvalue weighted by Crippen LogP contribution is 2.27. The topological polar surface area (TPSA) is 76.9 Å². The van der Waals surface area contributed by atoms with Gasteiger partial charge in [-0.05, 0) is 42.3 Å². The monoisotopic (exact) mass is 410 g/mol. The summed E-state index contributed by atoms with van der Waals surface area (Å²) in [5.41, 5.74) is 2.04. The van der Waals surface area contributed by atoms with E-state index in [0.29, 0.717) is 16.4 Å². The third kappa shape index (κ3) is 3.85. The third-order valence-corrected chi connectivity index (χ3v) is 5.83. The number of rotatable bonds is 5. The molecule has 1 aromatic heterocycles. The molecule has 1 N–H and O–H groups in total. The van der Waals surface area contributed by atoms with Crippen molar-refractivity contribution in [3.63, 3.8) is 0 Å². The minimum atomic E-state index is -3.80. The van der Waals surface area contributed by atoms with Crippen molar-refractivity contribution < 1.29 is 8.42 Å². The smallest absolute Gasteiger partial charge is 0.261 e. The van der Waals surface area contributed by atoms with Crippen LogP contribution in [-0.2, 0) is 10.0 Å². The Kier molecular flexibility index (Phi) is 5.22. The summed E-state index contributed by atoms with van der Waals surface area (Å²) in [6, 6.07) is 11.1. The molecule has 6 nitrogen and oxygen atoms in total. The number of halogens is 2. The first kappa shape index (κ1) is 18.7. The maximum atomic E-state index is 12.6. The maximum Gasteiger partial charge on any atom is 0.261 e. The van der Waals surface area contributed by atoms with Crippen LogP contribution in [0, 0.1) is 0 Å². The first-order valence-corrected chi connectivity index (χ1v) is 10.0. The molecule has 9 heteroatoms. The fraction of sp³-hybridized carbons (Fsp3) is 0.176. The number of hydrogen-bond donors (Lipinski definition) is 1. The van der Waals surface area contributed by atoms with Crippen LogP contribution in [0.1, 0.15) is 25.5 Å². The minimum Gasteiger partial charge on any atom is -0.280 e. The van der Waals surface area contributed by atoms with Gasteiger partial charge in [0.25, 0.3) is 10.0 Å². The SMILES string of the molecule is CC(C)c1cnnn1-c1cccc(NS(=O)(=O)c2ccc(Cl)c(Cl)c2)c1. The molecule has 2 aromatic carbocycles. The van der Waals surface area contributed by atoms with Gasteiger partial charge in [0.15, 0.2) is 0 Å². The molecule has 0 aliphatic heterocycles. The van der Waals surface area contributed by atoms with Gasteiger partial charge in [0.2, 0.25) is 0 Å². The van der Waals surface area contributed by atoms with E-state index in [1.54, 1.807) is 29.1 Å². The highest BCUT2D eigenvalue weighted by molar-refractivity contribution is 7.92. The summed E-state index contributed by atoms with van der Waals surface area (Å²) in [6.07, 6.45) is 1.69. The zero-order chi connectivity index (χ0) is 18.9. The first-order valence-electron chi connectivity index (χ1n) is 7.77. The molecule has 3 aromatic rings. The molecular formula is C17H16Cl2N4O2S. The number of benzene rings is 2. The quantitative estimate of drug-likeness (QED) is 0.671. The Labute approximate surface area is 161 Å². The van der Waals surface area contributed by atoms with Gasteiger partial charge in [-0.2, -0.15) is 0 Å². The van der Waals surface area contributed by atoms with E-state index in [2.05, 4.69) is 15.0 Å². The summed E-state index contributed by atoms with van der Waals surface area (Å²) >= 11 is 11.8. The second-order valence-electron chi connectivity index (χ2n) is 5.96. The molecule has 0 saturated heterocycles. The maximum absolute atomic E-state index is 12.6. The lowest BCUT2D eigenvalue weighted by Gasteiger charge is -2.12. The molecule has 0 radical (unpaired) electrons. The van der Waals surface area contributed by atoms with Gasteiger partial charge in [-0.3, -0.25) is 4.72 Å². The van der Waals surface area contributed by atoms with Crippen molar-refractivity contribution in [3.8, 4) is 5.69 Å². The van der Waals surface area contributed by atoms with Gasteiger partial charge in [-0.15, -0.1) is 5.10 Å².